The van der Waals surface area contributed by atoms with E-state index in [4.69, 9.17) is 0 Å². The summed E-state index contributed by atoms with van der Waals surface area (Å²) in [7, 11) is 0. The quantitative estimate of drug-likeness (QED) is 0.887. The van der Waals surface area contributed by atoms with Crippen molar-refractivity contribution in [1.29, 1.82) is 0 Å². The Morgan fingerprint density at radius 2 is 2.12 bits per heavy atom. The Morgan fingerprint density at radius 3 is 2.88 bits per heavy atom. The van der Waals surface area contributed by atoms with Gasteiger partial charge in [-0.05, 0) is 30.7 Å². The van der Waals surface area contributed by atoms with Gasteiger partial charge >= 0.3 is 0 Å². The van der Waals surface area contributed by atoms with Crippen molar-refractivity contribution in [3.05, 3.63) is 48.3 Å². The summed E-state index contributed by atoms with van der Waals surface area (Å²) in [6, 6.07) is 9.19. The molecule has 0 radical (unpaired) electrons. The summed E-state index contributed by atoms with van der Waals surface area (Å²) in [4.78, 5) is 36.2. The zero-order valence-electron chi connectivity index (χ0n) is 12.9. The number of aromatic nitrogens is 2. The third kappa shape index (κ3) is 4.17. The first-order valence-corrected chi connectivity index (χ1v) is 8.18. The highest BCUT2D eigenvalue weighted by Gasteiger charge is 2.32. The second-order valence-corrected chi connectivity index (χ2v) is 6.37. The number of nitrogens with one attached hydrogen (secondary N) is 2. The summed E-state index contributed by atoms with van der Waals surface area (Å²) < 4.78 is 0. The molecule has 1 fully saturated rings. The number of rotatable bonds is 4. The van der Waals surface area contributed by atoms with Crippen LogP contribution in [0.3, 0.4) is 0 Å². The third-order valence-electron chi connectivity index (χ3n) is 3.20. The van der Waals surface area contributed by atoms with Gasteiger partial charge in [-0.1, -0.05) is 23.9 Å². The third-order valence-corrected chi connectivity index (χ3v) is 4.28. The smallest absolute Gasteiger partial charge is 0.251 e. The molecule has 122 valence electrons. The molecule has 3 rings (SSSR count). The molecule has 24 heavy (non-hydrogen) atoms. The van der Waals surface area contributed by atoms with Gasteiger partial charge in [0.05, 0.1) is 0 Å². The van der Waals surface area contributed by atoms with Crippen molar-refractivity contribution >= 4 is 40.4 Å². The molecule has 2 amide bonds. The van der Waals surface area contributed by atoms with Crippen LogP contribution in [-0.2, 0) is 9.59 Å². The van der Waals surface area contributed by atoms with Crippen LogP contribution < -0.4 is 10.6 Å². The summed E-state index contributed by atoms with van der Waals surface area (Å²) in [6.45, 7) is 1.95. The van der Waals surface area contributed by atoms with Gasteiger partial charge in [-0.2, -0.15) is 4.99 Å². The van der Waals surface area contributed by atoms with Crippen molar-refractivity contribution in [2.24, 2.45) is 4.99 Å². The highest BCUT2D eigenvalue weighted by Crippen LogP contribution is 2.24. The molecule has 0 bridgehead atoms. The molecule has 1 aliphatic rings. The maximum absolute atomic E-state index is 12.1. The van der Waals surface area contributed by atoms with Gasteiger partial charge in [0.25, 0.3) is 5.95 Å². The molecule has 1 aromatic heterocycles. The number of thioether (sulfide) groups is 1. The predicted octanol–water partition coefficient (Wildman–Crippen LogP) is 2.03. The standard InChI is InChI=1S/C16H15N5O2S/c1-10-4-2-5-11(8-10)19-13(22)9-12-14(23)20-16(24-12)21-15-17-6-3-7-18-15/h2-8,12H,9H2,1H3,(H,19,22)(H,17,18,20,21,23). The van der Waals surface area contributed by atoms with Gasteiger partial charge in [-0.3, -0.25) is 9.59 Å². The number of hydrogen-bond donors (Lipinski definition) is 2. The largest absolute Gasteiger partial charge is 0.326 e. The average Bonchev–Trinajstić information content (AvgIpc) is 2.87. The number of nitrogens with zero attached hydrogens (tertiary/aromatic N) is 3. The van der Waals surface area contributed by atoms with Crippen LogP contribution in [0.2, 0.25) is 0 Å². The molecular weight excluding hydrogens is 326 g/mol. The Balaban J connectivity index is 1.60. The van der Waals surface area contributed by atoms with Crippen molar-refractivity contribution < 1.29 is 9.59 Å². The summed E-state index contributed by atoms with van der Waals surface area (Å²) in [6.07, 6.45) is 3.21. The van der Waals surface area contributed by atoms with Gasteiger partial charge in [0.1, 0.15) is 5.25 Å². The van der Waals surface area contributed by atoms with Crippen molar-refractivity contribution in [2.75, 3.05) is 5.32 Å². The molecule has 7 nitrogen and oxygen atoms in total. The molecule has 2 N–H and O–H groups in total. The van der Waals surface area contributed by atoms with E-state index >= 15 is 0 Å². The van der Waals surface area contributed by atoms with Crippen molar-refractivity contribution in [2.45, 2.75) is 18.6 Å². The van der Waals surface area contributed by atoms with Crippen LogP contribution in [0.1, 0.15) is 12.0 Å². The maximum Gasteiger partial charge on any atom is 0.251 e. The Kier molecular flexibility index (Phi) is 4.85. The van der Waals surface area contributed by atoms with E-state index in [-0.39, 0.29) is 24.2 Å². The number of benzene rings is 1. The van der Waals surface area contributed by atoms with Crippen molar-refractivity contribution in [1.82, 2.24) is 15.3 Å². The number of carbonyl (C=O) groups excluding carboxylic acids is 2. The van der Waals surface area contributed by atoms with E-state index in [2.05, 4.69) is 25.6 Å². The number of amides is 2. The molecule has 1 saturated heterocycles. The zero-order valence-corrected chi connectivity index (χ0v) is 13.7. The molecule has 0 saturated carbocycles. The molecule has 1 aromatic carbocycles. The lowest BCUT2D eigenvalue weighted by Crippen LogP contribution is -2.28. The fraction of sp³-hybridized carbons (Fsp3) is 0.188. The molecular formula is C16H15N5O2S. The fourth-order valence-corrected chi connectivity index (χ4v) is 3.10. The lowest BCUT2D eigenvalue weighted by molar-refractivity contribution is -0.122. The minimum atomic E-state index is -0.516. The first-order chi connectivity index (χ1) is 11.6. The minimum absolute atomic E-state index is 0.0686. The van der Waals surface area contributed by atoms with E-state index in [9.17, 15) is 9.59 Å². The molecule has 0 aliphatic carbocycles. The lowest BCUT2D eigenvalue weighted by atomic mass is 10.2. The van der Waals surface area contributed by atoms with Gasteiger partial charge in [-0.15, -0.1) is 0 Å². The molecule has 1 unspecified atom stereocenters. The van der Waals surface area contributed by atoms with E-state index in [1.54, 1.807) is 18.5 Å². The van der Waals surface area contributed by atoms with Gasteiger partial charge in [0, 0.05) is 24.5 Å². The SMILES string of the molecule is Cc1cccc(NC(=O)CC2S/C(=N\c3ncccn3)NC2=O)c1. The first-order valence-electron chi connectivity index (χ1n) is 7.30. The van der Waals surface area contributed by atoms with Crippen LogP contribution >= 0.6 is 11.8 Å². The van der Waals surface area contributed by atoms with E-state index < -0.39 is 5.25 Å². The second-order valence-electron chi connectivity index (χ2n) is 5.18. The normalized spacial score (nSPS) is 18.5. The molecule has 1 atom stereocenters. The Bertz CT molecular complexity index is 794. The van der Waals surface area contributed by atoms with Gasteiger partial charge in [-0.25, -0.2) is 9.97 Å². The highest BCUT2D eigenvalue weighted by atomic mass is 32.2. The molecule has 0 spiro atoms. The van der Waals surface area contributed by atoms with Crippen molar-refractivity contribution in [3.63, 3.8) is 0 Å². The highest BCUT2D eigenvalue weighted by molar-refractivity contribution is 8.15. The van der Waals surface area contributed by atoms with E-state index in [1.807, 2.05) is 31.2 Å². The molecule has 2 aromatic rings. The topological polar surface area (TPSA) is 96.3 Å². The van der Waals surface area contributed by atoms with Crippen LogP contribution in [0, 0.1) is 6.92 Å². The Hall–Kier alpha value is -2.74. The van der Waals surface area contributed by atoms with E-state index in [0.717, 1.165) is 11.3 Å². The summed E-state index contributed by atoms with van der Waals surface area (Å²) >= 11 is 1.20. The first kappa shape index (κ1) is 16.1. The average molecular weight is 341 g/mol. The predicted molar refractivity (Wildman–Crippen MR) is 93.1 cm³/mol. The molecule has 8 heteroatoms. The minimum Gasteiger partial charge on any atom is -0.326 e. The fourth-order valence-electron chi connectivity index (χ4n) is 2.14. The number of anilines is 1. The molecule has 1 aliphatic heterocycles. The number of aliphatic imine (C=N–C) groups is 1. The monoisotopic (exact) mass is 341 g/mol. The summed E-state index contributed by atoms with van der Waals surface area (Å²) in [5.74, 6) is -0.190. The number of aryl methyl sites for hydroxylation is 1. The van der Waals surface area contributed by atoms with Gasteiger partial charge < -0.3 is 10.6 Å². The Morgan fingerprint density at radius 1 is 1.33 bits per heavy atom. The Labute approximate surface area is 143 Å². The molecule has 2 heterocycles. The number of amidine groups is 1. The maximum atomic E-state index is 12.1. The lowest BCUT2D eigenvalue weighted by Gasteiger charge is -2.07. The van der Waals surface area contributed by atoms with Crippen LogP contribution in [0.25, 0.3) is 0 Å². The zero-order chi connectivity index (χ0) is 16.9. The summed E-state index contributed by atoms with van der Waals surface area (Å²) in [5, 5.41) is 5.33. The number of carbonyl (C=O) groups is 2. The second kappa shape index (κ2) is 7.22. The van der Waals surface area contributed by atoms with Crippen LogP contribution in [0.5, 0.6) is 0 Å². The van der Waals surface area contributed by atoms with Crippen LogP contribution in [0.4, 0.5) is 11.6 Å². The number of hydrogen-bond acceptors (Lipinski definition) is 6. The van der Waals surface area contributed by atoms with Crippen molar-refractivity contribution in [3.8, 4) is 0 Å². The van der Waals surface area contributed by atoms with Crippen LogP contribution in [0.15, 0.2) is 47.7 Å². The van der Waals surface area contributed by atoms with Gasteiger partial charge in [0.15, 0.2) is 5.17 Å². The van der Waals surface area contributed by atoms with E-state index in [0.29, 0.717) is 5.17 Å². The van der Waals surface area contributed by atoms with E-state index in [1.165, 1.54) is 11.8 Å². The summed E-state index contributed by atoms with van der Waals surface area (Å²) in [5.41, 5.74) is 1.77. The van der Waals surface area contributed by atoms with Crippen LogP contribution in [-0.4, -0.2) is 32.2 Å². The van der Waals surface area contributed by atoms with Gasteiger partial charge in [0.2, 0.25) is 11.8 Å².